The highest BCUT2D eigenvalue weighted by Gasteiger charge is 2.29. The molecule has 1 unspecified atom stereocenters. The third-order valence-corrected chi connectivity index (χ3v) is 5.44. The van der Waals surface area contributed by atoms with Gasteiger partial charge in [-0.15, -0.1) is 0 Å². The van der Waals surface area contributed by atoms with E-state index in [-0.39, 0.29) is 17.4 Å². The first kappa shape index (κ1) is 18.5. The van der Waals surface area contributed by atoms with Crippen LogP contribution < -0.4 is 0 Å². The number of nitrogens with one attached hydrogen (secondary N) is 1. The minimum absolute atomic E-state index is 0.112. The zero-order chi connectivity index (χ0) is 20.7. The molecule has 1 amide bonds. The van der Waals surface area contributed by atoms with Crippen LogP contribution in [0.5, 0.6) is 0 Å². The maximum Gasteiger partial charge on any atom is 0.253 e. The van der Waals surface area contributed by atoms with Gasteiger partial charge in [0, 0.05) is 29.6 Å². The zero-order valence-electron chi connectivity index (χ0n) is 15.9. The lowest BCUT2D eigenvalue weighted by Crippen LogP contribution is -2.39. The molecule has 4 aromatic rings. The minimum Gasteiger partial charge on any atom is -0.352 e. The van der Waals surface area contributed by atoms with Crippen LogP contribution in [0.2, 0.25) is 0 Å². The molecule has 1 atom stereocenters. The fourth-order valence-corrected chi connectivity index (χ4v) is 3.88. The normalized spacial score (nSPS) is 16.9. The van der Waals surface area contributed by atoms with Crippen LogP contribution in [-0.2, 0) is 0 Å². The molecule has 1 N–H and O–H groups in total. The van der Waals surface area contributed by atoms with E-state index >= 15 is 0 Å². The van der Waals surface area contributed by atoms with Crippen molar-refractivity contribution < 1.29 is 18.1 Å². The molecule has 2 aromatic carbocycles. The zero-order valence-corrected chi connectivity index (χ0v) is 15.9. The topological polar surface area (TPSA) is 75.0 Å². The quantitative estimate of drug-likeness (QED) is 0.541. The predicted molar refractivity (Wildman–Crippen MR) is 106 cm³/mol. The van der Waals surface area contributed by atoms with Crippen LogP contribution in [0.15, 0.2) is 53.1 Å². The third-order valence-electron chi connectivity index (χ3n) is 5.44. The van der Waals surface area contributed by atoms with Gasteiger partial charge in [-0.25, -0.2) is 8.78 Å². The molecule has 1 aliphatic rings. The van der Waals surface area contributed by atoms with Crippen molar-refractivity contribution in [3.63, 3.8) is 0 Å². The molecule has 0 saturated carbocycles. The van der Waals surface area contributed by atoms with Crippen molar-refractivity contribution in [1.82, 2.24) is 20.0 Å². The summed E-state index contributed by atoms with van der Waals surface area (Å²) in [5.41, 5.74) is 1.87. The summed E-state index contributed by atoms with van der Waals surface area (Å²) in [6.45, 7) is 0.920. The van der Waals surface area contributed by atoms with Gasteiger partial charge in [-0.3, -0.25) is 4.79 Å². The molecule has 0 radical (unpaired) electrons. The van der Waals surface area contributed by atoms with Gasteiger partial charge in [0.2, 0.25) is 11.7 Å². The molecule has 2 aromatic heterocycles. The van der Waals surface area contributed by atoms with E-state index in [1.165, 1.54) is 6.07 Å². The Morgan fingerprint density at radius 2 is 2.00 bits per heavy atom. The van der Waals surface area contributed by atoms with Crippen molar-refractivity contribution in [3.05, 3.63) is 71.6 Å². The van der Waals surface area contributed by atoms with E-state index in [2.05, 4.69) is 15.1 Å². The number of carbonyl (C=O) groups excluding carboxylic acids is 1. The molecule has 0 bridgehead atoms. The van der Waals surface area contributed by atoms with Crippen molar-refractivity contribution in [2.45, 2.75) is 18.8 Å². The standard InChI is InChI=1S/C22H18F2N4O2/c23-16-8-7-14(10-17(16)24)22(29)28-9-3-5-15(12-28)21-26-20(27-30-21)19-11-13-4-1-2-6-18(13)25-19/h1-2,4,6-8,10-11,15,25H,3,5,9,12H2. The minimum atomic E-state index is -1.03. The predicted octanol–water partition coefficient (Wildman–Crippen LogP) is 4.52. The molecule has 6 nitrogen and oxygen atoms in total. The number of benzene rings is 2. The molecular formula is C22H18F2N4O2. The lowest BCUT2D eigenvalue weighted by atomic mass is 9.97. The summed E-state index contributed by atoms with van der Waals surface area (Å²) in [4.78, 5) is 22.2. The third kappa shape index (κ3) is 3.34. The smallest absolute Gasteiger partial charge is 0.253 e. The van der Waals surface area contributed by atoms with E-state index in [9.17, 15) is 13.6 Å². The number of hydrogen-bond acceptors (Lipinski definition) is 4. The van der Waals surface area contributed by atoms with Crippen molar-refractivity contribution >= 4 is 16.8 Å². The summed E-state index contributed by atoms with van der Waals surface area (Å²) in [6.07, 6.45) is 1.56. The molecule has 1 fully saturated rings. The summed E-state index contributed by atoms with van der Waals surface area (Å²) in [5, 5.41) is 5.15. The number of halogens is 2. The lowest BCUT2D eigenvalue weighted by Gasteiger charge is -2.31. The molecule has 1 saturated heterocycles. The lowest BCUT2D eigenvalue weighted by molar-refractivity contribution is 0.0695. The van der Waals surface area contributed by atoms with Crippen LogP contribution in [0.4, 0.5) is 8.78 Å². The fraction of sp³-hybridized carbons (Fsp3) is 0.227. The number of para-hydroxylation sites is 1. The van der Waals surface area contributed by atoms with Crippen molar-refractivity contribution in [3.8, 4) is 11.5 Å². The highest BCUT2D eigenvalue weighted by Crippen LogP contribution is 2.29. The van der Waals surface area contributed by atoms with Crippen LogP contribution in [0.25, 0.3) is 22.4 Å². The molecule has 1 aliphatic heterocycles. The SMILES string of the molecule is O=C(c1ccc(F)c(F)c1)N1CCCC(c2nc(-c3cc4ccccc4[nH]3)no2)C1. The number of piperidine rings is 1. The number of H-pyrrole nitrogens is 1. The van der Waals surface area contributed by atoms with E-state index in [4.69, 9.17) is 4.52 Å². The van der Waals surface area contributed by atoms with Crippen molar-refractivity contribution in [2.75, 3.05) is 13.1 Å². The number of amides is 1. The van der Waals surface area contributed by atoms with Gasteiger partial charge >= 0.3 is 0 Å². The second-order valence-corrected chi connectivity index (χ2v) is 7.45. The number of likely N-dealkylation sites (tertiary alicyclic amines) is 1. The Balaban J connectivity index is 1.35. The van der Waals surface area contributed by atoms with Gasteiger partial charge in [-0.05, 0) is 43.2 Å². The molecule has 30 heavy (non-hydrogen) atoms. The molecule has 152 valence electrons. The summed E-state index contributed by atoms with van der Waals surface area (Å²) in [6, 6.07) is 13.0. The Kier molecular flexibility index (Phi) is 4.54. The van der Waals surface area contributed by atoms with Crippen LogP contribution in [-0.4, -0.2) is 39.0 Å². The van der Waals surface area contributed by atoms with Crippen LogP contribution in [0.1, 0.15) is 35.0 Å². The fourth-order valence-electron chi connectivity index (χ4n) is 3.88. The van der Waals surface area contributed by atoms with Gasteiger partial charge < -0.3 is 14.4 Å². The first-order valence-corrected chi connectivity index (χ1v) is 9.74. The molecule has 8 heteroatoms. The van der Waals surface area contributed by atoms with Gasteiger partial charge in [0.05, 0.1) is 11.6 Å². The van der Waals surface area contributed by atoms with Gasteiger partial charge in [-0.2, -0.15) is 4.98 Å². The number of fused-ring (bicyclic) bond motifs is 1. The van der Waals surface area contributed by atoms with Gasteiger partial charge in [-0.1, -0.05) is 23.4 Å². The molecule has 5 rings (SSSR count). The number of rotatable bonds is 3. The van der Waals surface area contributed by atoms with Crippen LogP contribution >= 0.6 is 0 Å². The molecule has 0 spiro atoms. The Hall–Kier alpha value is -3.55. The second-order valence-electron chi connectivity index (χ2n) is 7.45. The number of nitrogens with zero attached hydrogens (tertiary/aromatic N) is 3. The van der Waals surface area contributed by atoms with E-state index in [0.29, 0.717) is 24.8 Å². The summed E-state index contributed by atoms with van der Waals surface area (Å²) in [7, 11) is 0. The first-order valence-electron chi connectivity index (χ1n) is 9.74. The summed E-state index contributed by atoms with van der Waals surface area (Å²) in [5.74, 6) is -1.53. The second kappa shape index (κ2) is 7.37. The van der Waals surface area contributed by atoms with Crippen molar-refractivity contribution in [1.29, 1.82) is 0 Å². The maximum atomic E-state index is 13.5. The monoisotopic (exact) mass is 408 g/mol. The molecule has 0 aliphatic carbocycles. The van der Waals surface area contributed by atoms with E-state index < -0.39 is 11.6 Å². The maximum absolute atomic E-state index is 13.5. The van der Waals surface area contributed by atoms with Gasteiger partial charge in [0.1, 0.15) is 0 Å². The molecular weight excluding hydrogens is 390 g/mol. The van der Waals surface area contributed by atoms with Crippen molar-refractivity contribution in [2.24, 2.45) is 0 Å². The van der Waals surface area contributed by atoms with Crippen LogP contribution in [0.3, 0.4) is 0 Å². The number of hydrogen-bond donors (Lipinski definition) is 1. The van der Waals surface area contributed by atoms with Crippen LogP contribution in [0, 0.1) is 11.6 Å². The van der Waals surface area contributed by atoms with E-state index in [0.717, 1.165) is 41.6 Å². The molecule has 3 heterocycles. The summed E-state index contributed by atoms with van der Waals surface area (Å²) >= 11 is 0. The first-order chi connectivity index (χ1) is 14.6. The number of aromatic amines is 1. The summed E-state index contributed by atoms with van der Waals surface area (Å²) < 4.78 is 32.2. The number of aromatic nitrogens is 3. The Morgan fingerprint density at radius 1 is 1.13 bits per heavy atom. The highest BCUT2D eigenvalue weighted by molar-refractivity contribution is 5.94. The Bertz CT molecular complexity index is 1200. The Morgan fingerprint density at radius 3 is 2.83 bits per heavy atom. The Labute approximate surface area is 170 Å². The van der Waals surface area contributed by atoms with E-state index in [1.807, 2.05) is 30.3 Å². The van der Waals surface area contributed by atoms with E-state index in [1.54, 1.807) is 4.90 Å². The average Bonchev–Trinajstić information content (AvgIpc) is 3.42. The van der Waals surface area contributed by atoms with Gasteiger partial charge in [0.15, 0.2) is 11.6 Å². The number of carbonyl (C=O) groups is 1. The largest absolute Gasteiger partial charge is 0.352 e. The highest BCUT2D eigenvalue weighted by atomic mass is 19.2. The van der Waals surface area contributed by atoms with Gasteiger partial charge in [0.25, 0.3) is 5.91 Å². The average molecular weight is 408 g/mol.